The summed E-state index contributed by atoms with van der Waals surface area (Å²) < 4.78 is 38.3. The zero-order valence-corrected chi connectivity index (χ0v) is 8.06. The molecule has 0 bridgehead atoms. The number of carboxylic acid groups (broad SMARTS) is 1. The van der Waals surface area contributed by atoms with E-state index in [1.807, 2.05) is 0 Å². The van der Waals surface area contributed by atoms with Gasteiger partial charge in [0, 0.05) is 0 Å². The van der Waals surface area contributed by atoms with Gasteiger partial charge in [-0.15, -0.1) is 0 Å². The quantitative estimate of drug-likeness (QED) is 0.648. The molecule has 0 atom stereocenters. The molecule has 0 radical (unpaired) electrons. The van der Waals surface area contributed by atoms with Crippen LogP contribution in [-0.2, 0) is 11.2 Å². The molecule has 1 heterocycles. The molecule has 0 aliphatic carbocycles. The van der Waals surface area contributed by atoms with Crippen LogP contribution < -0.4 is 0 Å². The molecule has 0 unspecified atom stereocenters. The maximum absolute atomic E-state index is 13.4. The average Bonchev–Trinajstić information content (AvgIpc) is 2.19. The Kier molecular flexibility index (Phi) is 3.61. The third-order valence-electron chi connectivity index (χ3n) is 1.84. The highest BCUT2D eigenvalue weighted by atomic mass is 19.3. The molecule has 0 amide bonds. The first kappa shape index (κ1) is 12.9. The van der Waals surface area contributed by atoms with Crippen LogP contribution in [0.1, 0.15) is 17.7 Å². The second-order valence-electron chi connectivity index (χ2n) is 2.95. The van der Waals surface area contributed by atoms with Gasteiger partial charge in [-0.2, -0.15) is 0 Å². The van der Waals surface area contributed by atoms with Gasteiger partial charge in [0.25, 0.3) is 12.1 Å². The number of nitrogens with zero attached hydrogens (tertiary/aromatic N) is 2. The molecule has 17 heavy (non-hydrogen) atoms. The summed E-state index contributed by atoms with van der Waals surface area (Å²) in [7, 11) is 0. The first-order valence-electron chi connectivity index (χ1n) is 4.16. The molecule has 1 aromatic heterocycles. The summed E-state index contributed by atoms with van der Waals surface area (Å²) in [5, 5.41) is 18.7. The first-order valence-corrected chi connectivity index (χ1v) is 4.16. The topological polar surface area (TPSA) is 93.3 Å². The van der Waals surface area contributed by atoms with Crippen molar-refractivity contribution in [3.63, 3.8) is 0 Å². The molecule has 9 heteroatoms. The summed E-state index contributed by atoms with van der Waals surface area (Å²) in [6.07, 6.45) is -3.93. The van der Waals surface area contributed by atoms with E-state index in [0.717, 1.165) is 0 Å². The van der Waals surface area contributed by atoms with E-state index in [-0.39, 0.29) is 0 Å². The molecule has 6 nitrogen and oxygen atoms in total. The van der Waals surface area contributed by atoms with Crippen LogP contribution in [0.5, 0.6) is 0 Å². The van der Waals surface area contributed by atoms with E-state index in [9.17, 15) is 28.1 Å². The minimum atomic E-state index is -3.43. The largest absolute Gasteiger partial charge is 0.481 e. The number of aliphatic carboxylic acids is 1. The molecule has 0 aliphatic rings. The summed E-state index contributed by atoms with van der Waals surface area (Å²) in [6, 6.07) is 0. The van der Waals surface area contributed by atoms with E-state index >= 15 is 0 Å². The minimum absolute atomic E-state index is 0.419. The molecule has 92 valence electrons. The van der Waals surface area contributed by atoms with E-state index < -0.39 is 46.5 Å². The van der Waals surface area contributed by atoms with E-state index in [4.69, 9.17) is 5.11 Å². The van der Waals surface area contributed by atoms with Crippen molar-refractivity contribution in [3.05, 3.63) is 33.4 Å². The van der Waals surface area contributed by atoms with Crippen molar-refractivity contribution >= 4 is 11.7 Å². The van der Waals surface area contributed by atoms with Crippen LogP contribution in [0.25, 0.3) is 0 Å². The maximum atomic E-state index is 13.4. The average molecular weight is 250 g/mol. The van der Waals surface area contributed by atoms with Crippen LogP contribution in [0.4, 0.5) is 18.9 Å². The van der Waals surface area contributed by atoms with Gasteiger partial charge in [0.1, 0.15) is 11.8 Å². The van der Waals surface area contributed by atoms with Crippen molar-refractivity contribution in [2.45, 2.75) is 12.8 Å². The maximum Gasteiger partial charge on any atom is 0.309 e. The van der Waals surface area contributed by atoms with Gasteiger partial charge in [0.05, 0.1) is 17.0 Å². The first-order chi connectivity index (χ1) is 7.84. The summed E-state index contributed by atoms with van der Waals surface area (Å²) in [4.78, 5) is 22.6. The summed E-state index contributed by atoms with van der Waals surface area (Å²) >= 11 is 0. The van der Waals surface area contributed by atoms with Crippen LogP contribution >= 0.6 is 0 Å². The minimum Gasteiger partial charge on any atom is -0.481 e. The molecule has 0 saturated heterocycles. The lowest BCUT2D eigenvalue weighted by atomic mass is 10.1. The van der Waals surface area contributed by atoms with Crippen molar-refractivity contribution in [1.29, 1.82) is 0 Å². The molecule has 0 fully saturated rings. The number of aromatic nitrogens is 1. The Morgan fingerprint density at radius 2 is 2.18 bits per heavy atom. The normalized spacial score (nSPS) is 10.6. The van der Waals surface area contributed by atoms with Crippen molar-refractivity contribution in [1.82, 2.24) is 4.98 Å². The van der Waals surface area contributed by atoms with Gasteiger partial charge in [-0.1, -0.05) is 0 Å². The number of rotatable bonds is 4. The molecule has 1 N–H and O–H groups in total. The highest BCUT2D eigenvalue weighted by Crippen LogP contribution is 2.31. The Balaban J connectivity index is 3.38. The second kappa shape index (κ2) is 4.76. The number of pyridine rings is 1. The van der Waals surface area contributed by atoms with Crippen LogP contribution in [0, 0.1) is 15.9 Å². The van der Waals surface area contributed by atoms with E-state index in [2.05, 4.69) is 4.98 Å². The van der Waals surface area contributed by atoms with E-state index in [0.29, 0.717) is 6.20 Å². The molecule has 0 aromatic carbocycles. The number of carbonyl (C=O) groups is 1. The van der Waals surface area contributed by atoms with Crippen molar-refractivity contribution in [2.24, 2.45) is 0 Å². The number of hydrogen-bond acceptors (Lipinski definition) is 4. The fraction of sp³-hybridized carbons (Fsp3) is 0.250. The van der Waals surface area contributed by atoms with Crippen molar-refractivity contribution < 1.29 is 28.0 Å². The molecule has 1 rings (SSSR count). The molecule has 0 aliphatic heterocycles. The monoisotopic (exact) mass is 250 g/mol. The summed E-state index contributed by atoms with van der Waals surface area (Å²) in [5.74, 6) is -3.14. The number of nitro groups is 1. The fourth-order valence-corrected chi connectivity index (χ4v) is 1.15. The van der Waals surface area contributed by atoms with Gasteiger partial charge in [-0.05, 0) is 0 Å². The van der Waals surface area contributed by atoms with Gasteiger partial charge in [-0.3, -0.25) is 19.9 Å². The molecule has 0 spiro atoms. The number of carboxylic acids is 1. The standard InChI is InChI=1S/C8H5F3N2O4/c9-7-3(1-5(14)15)12-2-4(13(16)17)6(7)8(10)11/h2,8H,1H2,(H,14,15). The molecular weight excluding hydrogens is 245 g/mol. The highest BCUT2D eigenvalue weighted by Gasteiger charge is 2.29. The Morgan fingerprint density at radius 1 is 1.59 bits per heavy atom. The van der Waals surface area contributed by atoms with Gasteiger partial charge in [0.15, 0.2) is 5.82 Å². The third kappa shape index (κ3) is 2.68. The van der Waals surface area contributed by atoms with Gasteiger partial charge >= 0.3 is 5.97 Å². The zero-order chi connectivity index (χ0) is 13.2. The Labute approximate surface area is 91.9 Å². The van der Waals surface area contributed by atoms with Gasteiger partial charge < -0.3 is 5.11 Å². The highest BCUT2D eigenvalue weighted by molar-refractivity contribution is 5.69. The van der Waals surface area contributed by atoms with Gasteiger partial charge in [-0.25, -0.2) is 13.2 Å². The molecule has 1 aromatic rings. The smallest absolute Gasteiger partial charge is 0.309 e. The summed E-state index contributed by atoms with van der Waals surface area (Å²) in [5.41, 5.74) is -3.38. The Bertz CT molecular complexity index is 478. The SMILES string of the molecule is O=C(O)Cc1ncc([N+](=O)[O-])c(C(F)F)c1F. The molecule has 0 saturated carbocycles. The number of alkyl halides is 2. The lowest BCUT2D eigenvalue weighted by molar-refractivity contribution is -0.386. The lowest BCUT2D eigenvalue weighted by Gasteiger charge is -2.06. The Hall–Kier alpha value is -2.19. The van der Waals surface area contributed by atoms with Crippen molar-refractivity contribution in [3.8, 4) is 0 Å². The zero-order valence-electron chi connectivity index (χ0n) is 8.06. The van der Waals surface area contributed by atoms with E-state index in [1.54, 1.807) is 0 Å². The predicted molar refractivity (Wildman–Crippen MR) is 47.1 cm³/mol. The molecular formula is C8H5F3N2O4. The van der Waals surface area contributed by atoms with Crippen molar-refractivity contribution in [2.75, 3.05) is 0 Å². The summed E-state index contributed by atoms with van der Waals surface area (Å²) in [6.45, 7) is 0. The Morgan fingerprint density at radius 3 is 2.59 bits per heavy atom. The van der Waals surface area contributed by atoms with Gasteiger partial charge in [0.2, 0.25) is 0 Å². The fourth-order valence-electron chi connectivity index (χ4n) is 1.15. The predicted octanol–water partition coefficient (Wildman–Crippen LogP) is 1.69. The number of halogens is 3. The van der Waals surface area contributed by atoms with Crippen LogP contribution in [-0.4, -0.2) is 21.0 Å². The second-order valence-corrected chi connectivity index (χ2v) is 2.95. The third-order valence-corrected chi connectivity index (χ3v) is 1.84. The number of hydrogen-bond donors (Lipinski definition) is 1. The van der Waals surface area contributed by atoms with Crippen LogP contribution in [0.15, 0.2) is 6.20 Å². The van der Waals surface area contributed by atoms with E-state index in [1.165, 1.54) is 0 Å². The van der Waals surface area contributed by atoms with Crippen LogP contribution in [0.2, 0.25) is 0 Å². The lowest BCUT2D eigenvalue weighted by Crippen LogP contribution is -2.09. The van der Waals surface area contributed by atoms with Crippen LogP contribution in [0.3, 0.4) is 0 Å².